The molecule has 6 nitrogen and oxygen atoms in total. The summed E-state index contributed by atoms with van der Waals surface area (Å²) in [4.78, 5) is 14.2. The predicted octanol–water partition coefficient (Wildman–Crippen LogP) is 1.49. The molecule has 0 aromatic heterocycles. The van der Waals surface area contributed by atoms with Crippen LogP contribution < -0.4 is 11.3 Å². The molecule has 0 atom stereocenters. The van der Waals surface area contributed by atoms with E-state index in [1.807, 2.05) is 13.8 Å². The molecular formula is C15H25N3O3. The molecular weight excluding hydrogens is 270 g/mol. The van der Waals surface area contributed by atoms with Crippen molar-refractivity contribution in [3.05, 3.63) is 29.8 Å². The molecule has 1 amide bonds. The second-order valence-corrected chi connectivity index (χ2v) is 4.41. The normalized spacial score (nSPS) is 10.4. The summed E-state index contributed by atoms with van der Waals surface area (Å²) in [6, 6.07) is 7.06. The highest BCUT2D eigenvalue weighted by Gasteiger charge is 2.15. The van der Waals surface area contributed by atoms with Gasteiger partial charge in [-0.15, -0.1) is 0 Å². The molecule has 0 aliphatic heterocycles. The van der Waals surface area contributed by atoms with Crippen LogP contribution in [0, 0.1) is 0 Å². The molecule has 1 aromatic rings. The van der Waals surface area contributed by atoms with Gasteiger partial charge in [-0.25, -0.2) is 0 Å². The van der Waals surface area contributed by atoms with Crippen molar-refractivity contribution in [2.45, 2.75) is 13.8 Å². The van der Waals surface area contributed by atoms with Crippen LogP contribution in [-0.4, -0.2) is 50.3 Å². The SMILES string of the molecule is CCOCCN(CCOCC)C(=O)c1ccc(NN)cc1. The zero-order valence-electron chi connectivity index (χ0n) is 12.8. The number of nitrogen functional groups attached to an aromatic ring is 1. The van der Waals surface area contributed by atoms with Crippen LogP contribution in [0.25, 0.3) is 0 Å². The van der Waals surface area contributed by atoms with Crippen LogP contribution in [0.2, 0.25) is 0 Å². The number of hydrogen-bond donors (Lipinski definition) is 2. The Bertz CT molecular complexity index is 399. The van der Waals surface area contributed by atoms with Gasteiger partial charge in [0.25, 0.3) is 5.91 Å². The number of amides is 1. The number of ether oxygens (including phenoxy) is 2. The fourth-order valence-electron chi connectivity index (χ4n) is 1.84. The van der Waals surface area contributed by atoms with Crippen molar-refractivity contribution in [2.75, 3.05) is 44.9 Å². The predicted molar refractivity (Wildman–Crippen MR) is 83.1 cm³/mol. The molecule has 21 heavy (non-hydrogen) atoms. The van der Waals surface area contributed by atoms with E-state index in [1.54, 1.807) is 29.2 Å². The maximum atomic E-state index is 12.5. The van der Waals surface area contributed by atoms with Gasteiger partial charge < -0.3 is 19.8 Å². The largest absolute Gasteiger partial charge is 0.380 e. The highest BCUT2D eigenvalue weighted by molar-refractivity contribution is 5.94. The number of nitrogens with zero attached hydrogens (tertiary/aromatic N) is 1. The van der Waals surface area contributed by atoms with E-state index in [-0.39, 0.29) is 5.91 Å². The number of nitrogens with two attached hydrogens (primary N) is 1. The lowest BCUT2D eigenvalue weighted by molar-refractivity contribution is 0.0550. The van der Waals surface area contributed by atoms with Crippen molar-refractivity contribution in [1.82, 2.24) is 4.90 Å². The van der Waals surface area contributed by atoms with Crippen molar-refractivity contribution in [3.8, 4) is 0 Å². The lowest BCUT2D eigenvalue weighted by Gasteiger charge is -2.22. The number of benzene rings is 1. The molecule has 0 unspecified atom stereocenters. The van der Waals surface area contributed by atoms with Crippen LogP contribution in [-0.2, 0) is 9.47 Å². The van der Waals surface area contributed by atoms with Gasteiger partial charge in [-0.2, -0.15) is 0 Å². The minimum absolute atomic E-state index is 0.0297. The molecule has 118 valence electrons. The Labute approximate surface area is 126 Å². The van der Waals surface area contributed by atoms with E-state index in [1.165, 1.54) is 0 Å². The van der Waals surface area contributed by atoms with Crippen LogP contribution >= 0.6 is 0 Å². The average Bonchev–Trinajstić information content (AvgIpc) is 2.53. The zero-order chi connectivity index (χ0) is 15.5. The topological polar surface area (TPSA) is 76.8 Å². The van der Waals surface area contributed by atoms with Crippen LogP contribution in [0.15, 0.2) is 24.3 Å². The first-order valence-corrected chi connectivity index (χ1v) is 7.24. The Morgan fingerprint density at radius 1 is 1.10 bits per heavy atom. The Balaban J connectivity index is 2.66. The van der Waals surface area contributed by atoms with E-state index in [0.29, 0.717) is 45.1 Å². The number of hydrazine groups is 1. The molecule has 0 aliphatic carbocycles. The van der Waals surface area contributed by atoms with Gasteiger partial charge in [-0.05, 0) is 38.1 Å². The number of anilines is 1. The van der Waals surface area contributed by atoms with Gasteiger partial charge in [0.2, 0.25) is 0 Å². The summed E-state index contributed by atoms with van der Waals surface area (Å²) in [5, 5.41) is 0. The van der Waals surface area contributed by atoms with Gasteiger partial charge in [0.1, 0.15) is 0 Å². The lowest BCUT2D eigenvalue weighted by atomic mass is 10.2. The van der Waals surface area contributed by atoms with E-state index in [9.17, 15) is 4.79 Å². The second kappa shape index (κ2) is 10.1. The number of carbonyl (C=O) groups excluding carboxylic acids is 1. The van der Waals surface area contributed by atoms with Crippen molar-refractivity contribution in [3.63, 3.8) is 0 Å². The van der Waals surface area contributed by atoms with E-state index < -0.39 is 0 Å². The molecule has 0 saturated heterocycles. The summed E-state index contributed by atoms with van der Waals surface area (Å²) >= 11 is 0. The Morgan fingerprint density at radius 2 is 1.62 bits per heavy atom. The minimum atomic E-state index is -0.0297. The third kappa shape index (κ3) is 6.12. The molecule has 0 bridgehead atoms. The van der Waals surface area contributed by atoms with Gasteiger partial charge in [0.15, 0.2) is 0 Å². The highest BCUT2D eigenvalue weighted by Crippen LogP contribution is 2.10. The number of nitrogens with one attached hydrogen (secondary N) is 1. The Morgan fingerprint density at radius 3 is 2.05 bits per heavy atom. The molecule has 6 heteroatoms. The van der Waals surface area contributed by atoms with Gasteiger partial charge in [0.05, 0.1) is 13.2 Å². The van der Waals surface area contributed by atoms with Crippen molar-refractivity contribution in [1.29, 1.82) is 0 Å². The third-order valence-electron chi connectivity index (χ3n) is 3.01. The fraction of sp³-hybridized carbons (Fsp3) is 0.533. The summed E-state index contributed by atoms with van der Waals surface area (Å²) in [7, 11) is 0. The Kier molecular flexibility index (Phi) is 8.42. The summed E-state index contributed by atoms with van der Waals surface area (Å²) in [6.45, 7) is 7.31. The quantitative estimate of drug-likeness (QED) is 0.388. The first-order chi connectivity index (χ1) is 10.2. The van der Waals surface area contributed by atoms with E-state index in [2.05, 4.69) is 5.43 Å². The van der Waals surface area contributed by atoms with Gasteiger partial charge in [-0.1, -0.05) is 0 Å². The van der Waals surface area contributed by atoms with Crippen LogP contribution in [0.1, 0.15) is 24.2 Å². The highest BCUT2D eigenvalue weighted by atomic mass is 16.5. The third-order valence-corrected chi connectivity index (χ3v) is 3.01. The zero-order valence-corrected chi connectivity index (χ0v) is 12.8. The minimum Gasteiger partial charge on any atom is -0.380 e. The standard InChI is InChI=1S/C15H25N3O3/c1-3-20-11-9-18(10-12-21-4-2)15(19)13-5-7-14(17-16)8-6-13/h5-8,17H,3-4,9-12,16H2,1-2H3. The van der Waals surface area contributed by atoms with Crippen molar-refractivity contribution in [2.24, 2.45) is 5.84 Å². The summed E-state index contributed by atoms with van der Waals surface area (Å²) in [5.74, 6) is 5.29. The maximum Gasteiger partial charge on any atom is 0.254 e. The lowest BCUT2D eigenvalue weighted by Crippen LogP contribution is -2.36. The van der Waals surface area contributed by atoms with Crippen LogP contribution in [0.4, 0.5) is 5.69 Å². The summed E-state index contributed by atoms with van der Waals surface area (Å²) in [6.07, 6.45) is 0. The molecule has 0 aliphatic rings. The van der Waals surface area contributed by atoms with Crippen molar-refractivity contribution < 1.29 is 14.3 Å². The average molecular weight is 295 g/mol. The molecule has 3 N–H and O–H groups in total. The van der Waals surface area contributed by atoms with Gasteiger partial charge >= 0.3 is 0 Å². The van der Waals surface area contributed by atoms with Gasteiger partial charge in [0, 0.05) is 37.6 Å². The Hall–Kier alpha value is -1.63. The number of hydrogen-bond acceptors (Lipinski definition) is 5. The fourth-order valence-corrected chi connectivity index (χ4v) is 1.84. The van der Waals surface area contributed by atoms with E-state index >= 15 is 0 Å². The second-order valence-electron chi connectivity index (χ2n) is 4.41. The summed E-state index contributed by atoms with van der Waals surface area (Å²) < 4.78 is 10.7. The van der Waals surface area contributed by atoms with Gasteiger partial charge in [-0.3, -0.25) is 10.6 Å². The molecule has 0 fully saturated rings. The van der Waals surface area contributed by atoms with Crippen LogP contribution in [0.3, 0.4) is 0 Å². The molecule has 0 heterocycles. The monoisotopic (exact) mass is 295 g/mol. The maximum absolute atomic E-state index is 12.5. The van der Waals surface area contributed by atoms with Crippen LogP contribution in [0.5, 0.6) is 0 Å². The smallest absolute Gasteiger partial charge is 0.254 e. The van der Waals surface area contributed by atoms with E-state index in [4.69, 9.17) is 15.3 Å². The first kappa shape index (κ1) is 17.4. The molecule has 0 radical (unpaired) electrons. The molecule has 1 aromatic carbocycles. The number of rotatable bonds is 10. The first-order valence-electron chi connectivity index (χ1n) is 7.24. The number of carbonyl (C=O) groups is 1. The van der Waals surface area contributed by atoms with E-state index in [0.717, 1.165) is 5.69 Å². The summed E-state index contributed by atoms with van der Waals surface area (Å²) in [5.41, 5.74) is 3.93. The molecule has 0 saturated carbocycles. The molecule has 0 spiro atoms. The molecule has 1 rings (SSSR count). The van der Waals surface area contributed by atoms with Crippen molar-refractivity contribution >= 4 is 11.6 Å².